The molecule has 0 saturated carbocycles. The Morgan fingerprint density at radius 3 is 2.53 bits per heavy atom. The summed E-state index contributed by atoms with van der Waals surface area (Å²) < 4.78 is 5.25. The summed E-state index contributed by atoms with van der Waals surface area (Å²) in [5.41, 5.74) is -1.03. The highest BCUT2D eigenvalue weighted by Gasteiger charge is 2.38. The minimum atomic E-state index is -1.03. The van der Waals surface area contributed by atoms with Crippen molar-refractivity contribution in [1.82, 2.24) is 5.32 Å². The van der Waals surface area contributed by atoms with Crippen LogP contribution in [0.3, 0.4) is 0 Å². The van der Waals surface area contributed by atoms with E-state index in [0.29, 0.717) is 19.8 Å². The van der Waals surface area contributed by atoms with Gasteiger partial charge in [-0.2, -0.15) is 0 Å². The van der Waals surface area contributed by atoms with Gasteiger partial charge in [0.2, 0.25) is 5.91 Å². The average molecular weight is 271 g/mol. The molecule has 19 heavy (non-hydrogen) atoms. The van der Waals surface area contributed by atoms with Crippen LogP contribution < -0.4 is 5.32 Å². The van der Waals surface area contributed by atoms with E-state index in [1.807, 2.05) is 0 Å². The summed E-state index contributed by atoms with van der Waals surface area (Å²) in [4.78, 5) is 22.9. The van der Waals surface area contributed by atoms with E-state index in [-0.39, 0.29) is 18.2 Å². The summed E-state index contributed by atoms with van der Waals surface area (Å²) in [7, 11) is 0. The molecule has 1 atom stereocenters. The normalized spacial score (nSPS) is 13.9. The van der Waals surface area contributed by atoms with E-state index in [9.17, 15) is 14.7 Å². The van der Waals surface area contributed by atoms with Crippen molar-refractivity contribution in [3.63, 3.8) is 0 Å². The average Bonchev–Trinajstić information content (AvgIpc) is 2.32. The Morgan fingerprint density at radius 1 is 1.42 bits per heavy atom. The number of aliphatic carboxylic acids is 1. The van der Waals surface area contributed by atoms with Gasteiger partial charge in [0.1, 0.15) is 0 Å². The van der Waals surface area contributed by atoms with Crippen molar-refractivity contribution in [3.05, 3.63) is 12.7 Å². The van der Waals surface area contributed by atoms with Gasteiger partial charge in [-0.05, 0) is 19.3 Å². The minimum Gasteiger partial charge on any atom is -0.481 e. The summed E-state index contributed by atoms with van der Waals surface area (Å²) in [6, 6.07) is 0. The highest BCUT2D eigenvalue weighted by atomic mass is 16.5. The zero-order chi connectivity index (χ0) is 14.9. The Hall–Kier alpha value is -1.36. The summed E-state index contributed by atoms with van der Waals surface area (Å²) in [6.07, 6.45) is 2.52. The fraction of sp³-hybridized carbons (Fsp3) is 0.714. The van der Waals surface area contributed by atoms with Gasteiger partial charge in [-0.15, -0.1) is 6.58 Å². The monoisotopic (exact) mass is 271 g/mol. The first-order chi connectivity index (χ1) is 8.84. The van der Waals surface area contributed by atoms with Crippen molar-refractivity contribution in [2.75, 3.05) is 19.8 Å². The SMILES string of the molecule is C=CCCOCCNC(=O)CC(C)(C(=O)O)C(C)C. The molecular formula is C14H25NO4. The number of amides is 1. The maximum Gasteiger partial charge on any atom is 0.310 e. The summed E-state index contributed by atoms with van der Waals surface area (Å²) in [6.45, 7) is 10.2. The van der Waals surface area contributed by atoms with E-state index in [1.54, 1.807) is 26.8 Å². The second-order valence-corrected chi connectivity index (χ2v) is 5.09. The number of carbonyl (C=O) groups excluding carboxylic acids is 1. The molecule has 0 aliphatic heterocycles. The van der Waals surface area contributed by atoms with Gasteiger partial charge in [-0.1, -0.05) is 19.9 Å². The van der Waals surface area contributed by atoms with Crippen LogP contribution in [0.1, 0.15) is 33.6 Å². The molecule has 0 aromatic carbocycles. The lowest BCUT2D eigenvalue weighted by Gasteiger charge is -2.28. The smallest absolute Gasteiger partial charge is 0.310 e. The molecule has 0 aliphatic carbocycles. The highest BCUT2D eigenvalue weighted by molar-refractivity contribution is 5.84. The molecule has 2 N–H and O–H groups in total. The molecule has 5 heteroatoms. The molecule has 110 valence electrons. The number of carbonyl (C=O) groups is 2. The third-order valence-corrected chi connectivity index (χ3v) is 3.33. The molecule has 1 amide bonds. The highest BCUT2D eigenvalue weighted by Crippen LogP contribution is 2.31. The van der Waals surface area contributed by atoms with E-state index >= 15 is 0 Å². The molecule has 0 aliphatic rings. The largest absolute Gasteiger partial charge is 0.481 e. The lowest BCUT2D eigenvalue weighted by atomic mass is 9.76. The van der Waals surface area contributed by atoms with Crippen molar-refractivity contribution < 1.29 is 19.4 Å². The zero-order valence-corrected chi connectivity index (χ0v) is 12.1. The van der Waals surface area contributed by atoms with Crippen LogP contribution in [0.15, 0.2) is 12.7 Å². The Balaban J connectivity index is 4.02. The lowest BCUT2D eigenvalue weighted by Crippen LogP contribution is -2.39. The van der Waals surface area contributed by atoms with Crippen LogP contribution in [0.2, 0.25) is 0 Å². The first kappa shape index (κ1) is 17.6. The fourth-order valence-corrected chi connectivity index (χ4v) is 1.45. The van der Waals surface area contributed by atoms with Crippen molar-refractivity contribution in [2.45, 2.75) is 33.6 Å². The summed E-state index contributed by atoms with van der Waals surface area (Å²) >= 11 is 0. The third kappa shape index (κ3) is 6.38. The fourth-order valence-electron chi connectivity index (χ4n) is 1.45. The van der Waals surface area contributed by atoms with E-state index in [0.717, 1.165) is 6.42 Å². The van der Waals surface area contributed by atoms with E-state index in [2.05, 4.69) is 11.9 Å². The lowest BCUT2D eigenvalue weighted by molar-refractivity contribution is -0.153. The molecule has 0 spiro atoms. The van der Waals surface area contributed by atoms with Crippen LogP contribution in [0.5, 0.6) is 0 Å². The topological polar surface area (TPSA) is 75.6 Å². The van der Waals surface area contributed by atoms with Gasteiger partial charge in [0.05, 0.1) is 18.6 Å². The van der Waals surface area contributed by atoms with Crippen LogP contribution in [-0.2, 0) is 14.3 Å². The van der Waals surface area contributed by atoms with Crippen LogP contribution in [0.25, 0.3) is 0 Å². The van der Waals surface area contributed by atoms with Crippen molar-refractivity contribution in [2.24, 2.45) is 11.3 Å². The number of nitrogens with one attached hydrogen (secondary N) is 1. The van der Waals surface area contributed by atoms with E-state index < -0.39 is 11.4 Å². The molecular weight excluding hydrogens is 246 g/mol. The summed E-state index contributed by atoms with van der Waals surface area (Å²) in [5, 5.41) is 11.9. The van der Waals surface area contributed by atoms with Crippen LogP contribution in [0, 0.1) is 11.3 Å². The van der Waals surface area contributed by atoms with Gasteiger partial charge in [0.25, 0.3) is 0 Å². The Bertz CT molecular complexity index is 315. The second-order valence-electron chi connectivity index (χ2n) is 5.09. The standard InChI is InChI=1S/C14H25NO4/c1-5-6-8-19-9-7-15-12(16)10-14(4,11(2)3)13(17)18/h5,11H,1,6-10H2,2-4H3,(H,15,16)(H,17,18). The zero-order valence-electron chi connectivity index (χ0n) is 12.1. The molecule has 0 rings (SSSR count). The predicted octanol–water partition coefficient (Wildman–Crippen LogP) is 1.83. The van der Waals surface area contributed by atoms with Crippen LogP contribution in [0.4, 0.5) is 0 Å². The van der Waals surface area contributed by atoms with Gasteiger partial charge < -0.3 is 15.2 Å². The number of hydrogen-bond acceptors (Lipinski definition) is 3. The van der Waals surface area contributed by atoms with Crippen molar-refractivity contribution in [3.8, 4) is 0 Å². The molecule has 0 fully saturated rings. The van der Waals surface area contributed by atoms with Gasteiger partial charge in [-0.25, -0.2) is 0 Å². The Morgan fingerprint density at radius 2 is 2.05 bits per heavy atom. The van der Waals surface area contributed by atoms with Gasteiger partial charge in [-0.3, -0.25) is 9.59 Å². The molecule has 0 heterocycles. The van der Waals surface area contributed by atoms with Gasteiger partial charge in [0.15, 0.2) is 0 Å². The van der Waals surface area contributed by atoms with Crippen LogP contribution in [-0.4, -0.2) is 36.7 Å². The Kier molecular flexibility index (Phi) is 8.07. The first-order valence-corrected chi connectivity index (χ1v) is 6.53. The molecule has 5 nitrogen and oxygen atoms in total. The number of carboxylic acid groups (broad SMARTS) is 1. The van der Waals surface area contributed by atoms with E-state index in [4.69, 9.17) is 4.74 Å². The number of ether oxygens (including phenoxy) is 1. The van der Waals surface area contributed by atoms with Gasteiger partial charge in [0, 0.05) is 13.0 Å². The number of rotatable bonds is 10. The van der Waals surface area contributed by atoms with Crippen LogP contribution >= 0.6 is 0 Å². The molecule has 1 unspecified atom stereocenters. The molecule has 0 radical (unpaired) electrons. The van der Waals surface area contributed by atoms with Crippen molar-refractivity contribution in [1.29, 1.82) is 0 Å². The second kappa shape index (κ2) is 8.69. The van der Waals surface area contributed by atoms with E-state index in [1.165, 1.54) is 0 Å². The maximum atomic E-state index is 11.7. The minimum absolute atomic E-state index is 0.0212. The Labute approximate surface area is 115 Å². The number of carboxylic acids is 1. The quantitative estimate of drug-likeness (QED) is 0.469. The molecule has 0 saturated heterocycles. The van der Waals surface area contributed by atoms with Crippen molar-refractivity contribution >= 4 is 11.9 Å². The molecule has 0 aromatic rings. The molecule has 0 bridgehead atoms. The predicted molar refractivity (Wildman–Crippen MR) is 73.8 cm³/mol. The van der Waals surface area contributed by atoms with Gasteiger partial charge >= 0.3 is 5.97 Å². The third-order valence-electron chi connectivity index (χ3n) is 3.33. The maximum absolute atomic E-state index is 11.7. The number of hydrogen-bond donors (Lipinski definition) is 2. The molecule has 0 aromatic heterocycles. The first-order valence-electron chi connectivity index (χ1n) is 6.53. The summed E-state index contributed by atoms with van der Waals surface area (Å²) in [5.74, 6) is -1.31.